The van der Waals surface area contributed by atoms with Gasteiger partial charge >= 0.3 is 0 Å². The number of rotatable bonds is 8. The molecule has 158 valence electrons. The number of ketones is 1. The van der Waals surface area contributed by atoms with Gasteiger partial charge in [0.2, 0.25) is 0 Å². The van der Waals surface area contributed by atoms with Crippen LogP contribution < -0.4 is 10.1 Å². The predicted molar refractivity (Wildman–Crippen MR) is 110 cm³/mol. The highest BCUT2D eigenvalue weighted by molar-refractivity contribution is 6.46. The number of carbonyl (C=O) groups excluding carboxylic acids is 2. The lowest BCUT2D eigenvalue weighted by Crippen LogP contribution is -2.36. The third kappa shape index (κ3) is 4.29. The minimum absolute atomic E-state index is 0.0157. The Morgan fingerprint density at radius 1 is 1.07 bits per heavy atom. The number of aliphatic hydroxyl groups excluding tert-OH is 2. The molecule has 0 spiro atoms. The number of aromatic hydroxyl groups is 1. The van der Waals surface area contributed by atoms with E-state index in [1.54, 1.807) is 36.4 Å². The fourth-order valence-electron chi connectivity index (χ4n) is 3.42. The highest BCUT2D eigenvalue weighted by atomic mass is 16.5. The molecule has 8 nitrogen and oxygen atoms in total. The number of benzene rings is 2. The van der Waals surface area contributed by atoms with Gasteiger partial charge in [-0.1, -0.05) is 12.1 Å². The van der Waals surface area contributed by atoms with E-state index >= 15 is 0 Å². The number of phenolic OH excluding ortho intramolecular Hbond substituents is 1. The summed E-state index contributed by atoms with van der Waals surface area (Å²) >= 11 is 0. The molecular weight excluding hydrogens is 388 g/mol. The van der Waals surface area contributed by atoms with Gasteiger partial charge in [-0.05, 0) is 42.0 Å². The van der Waals surface area contributed by atoms with Crippen molar-refractivity contribution in [3.8, 4) is 11.5 Å². The van der Waals surface area contributed by atoms with E-state index < -0.39 is 17.7 Å². The normalized spacial score (nSPS) is 18.1. The Bertz CT molecular complexity index is 937. The second-order valence-corrected chi connectivity index (χ2v) is 6.79. The van der Waals surface area contributed by atoms with Crippen molar-refractivity contribution < 1.29 is 29.6 Å². The Labute approximate surface area is 174 Å². The van der Waals surface area contributed by atoms with Gasteiger partial charge in [0, 0.05) is 25.2 Å². The van der Waals surface area contributed by atoms with E-state index in [1.807, 2.05) is 0 Å². The molecule has 1 saturated heterocycles. The molecule has 1 unspecified atom stereocenters. The summed E-state index contributed by atoms with van der Waals surface area (Å²) < 4.78 is 5.12. The van der Waals surface area contributed by atoms with Gasteiger partial charge in [0.1, 0.15) is 17.3 Å². The zero-order valence-corrected chi connectivity index (χ0v) is 16.5. The van der Waals surface area contributed by atoms with Crippen LogP contribution >= 0.6 is 0 Å². The van der Waals surface area contributed by atoms with Gasteiger partial charge in [-0.2, -0.15) is 0 Å². The van der Waals surface area contributed by atoms with E-state index in [4.69, 9.17) is 9.84 Å². The molecular formula is C22H24N2O6. The average molecular weight is 412 g/mol. The molecule has 1 fully saturated rings. The number of hydrogen-bond donors (Lipinski definition) is 4. The molecule has 0 saturated carbocycles. The number of likely N-dealkylation sites (tertiary alicyclic amines) is 1. The summed E-state index contributed by atoms with van der Waals surface area (Å²) in [6.45, 7) is 0.886. The van der Waals surface area contributed by atoms with Crippen LogP contribution in [0.25, 0.3) is 5.76 Å². The average Bonchev–Trinajstić information content (AvgIpc) is 3.01. The fourth-order valence-corrected chi connectivity index (χ4v) is 3.42. The number of aliphatic hydroxyl groups is 2. The summed E-state index contributed by atoms with van der Waals surface area (Å²) in [4.78, 5) is 27.0. The summed E-state index contributed by atoms with van der Waals surface area (Å²) in [5.41, 5.74) is 0.957. The summed E-state index contributed by atoms with van der Waals surface area (Å²) in [6.07, 6.45) is 0. The van der Waals surface area contributed by atoms with Gasteiger partial charge in [-0.15, -0.1) is 0 Å². The molecule has 2 aromatic rings. The van der Waals surface area contributed by atoms with Crippen LogP contribution in [0.4, 0.5) is 0 Å². The summed E-state index contributed by atoms with van der Waals surface area (Å²) in [5.74, 6) is -1.12. The standard InChI is InChI=1S/C22H24N2O6/c1-30-17-8-4-15(5-9-17)20(27)18-19(14-2-6-16(26)7-3-14)24(22(29)21(18)28)12-10-23-11-13-25/h2-9,19,23,25-27H,10-13H2,1H3/b20-18-. The van der Waals surface area contributed by atoms with Crippen LogP contribution in [0.2, 0.25) is 0 Å². The highest BCUT2D eigenvalue weighted by Gasteiger charge is 2.45. The molecule has 0 bridgehead atoms. The van der Waals surface area contributed by atoms with Crippen LogP contribution in [0.1, 0.15) is 17.2 Å². The maximum absolute atomic E-state index is 12.8. The Morgan fingerprint density at radius 2 is 1.73 bits per heavy atom. The number of methoxy groups -OCH3 is 1. The second-order valence-electron chi connectivity index (χ2n) is 6.79. The molecule has 1 aliphatic heterocycles. The Morgan fingerprint density at radius 3 is 2.33 bits per heavy atom. The molecule has 1 aliphatic rings. The summed E-state index contributed by atoms with van der Waals surface area (Å²) in [6, 6.07) is 11.9. The molecule has 30 heavy (non-hydrogen) atoms. The van der Waals surface area contributed by atoms with Crippen LogP contribution in [0, 0.1) is 0 Å². The first-order chi connectivity index (χ1) is 14.5. The van der Waals surface area contributed by atoms with Crippen molar-refractivity contribution in [3.63, 3.8) is 0 Å². The van der Waals surface area contributed by atoms with Crippen molar-refractivity contribution in [2.24, 2.45) is 0 Å². The lowest BCUT2D eigenvalue weighted by molar-refractivity contribution is -0.139. The van der Waals surface area contributed by atoms with Gasteiger partial charge < -0.3 is 30.3 Å². The minimum Gasteiger partial charge on any atom is -0.508 e. The largest absolute Gasteiger partial charge is 0.508 e. The predicted octanol–water partition coefficient (Wildman–Crippen LogP) is 1.40. The monoisotopic (exact) mass is 412 g/mol. The van der Waals surface area contributed by atoms with E-state index in [2.05, 4.69) is 5.32 Å². The third-order valence-corrected chi connectivity index (χ3v) is 4.93. The number of nitrogens with zero attached hydrogens (tertiary/aromatic N) is 1. The molecule has 3 rings (SSSR count). The summed E-state index contributed by atoms with van der Waals surface area (Å²) in [5, 5.41) is 32.4. The van der Waals surface area contributed by atoms with Crippen molar-refractivity contribution in [3.05, 3.63) is 65.2 Å². The number of phenols is 1. The topological polar surface area (TPSA) is 119 Å². The van der Waals surface area contributed by atoms with Crippen molar-refractivity contribution >= 4 is 17.4 Å². The molecule has 1 amide bonds. The number of amides is 1. The van der Waals surface area contributed by atoms with Crippen LogP contribution in [0.3, 0.4) is 0 Å². The Kier molecular flexibility index (Phi) is 6.71. The number of hydrogen-bond acceptors (Lipinski definition) is 7. The first-order valence-electron chi connectivity index (χ1n) is 9.51. The Balaban J connectivity index is 2.04. The number of nitrogens with one attached hydrogen (secondary N) is 1. The number of carbonyl (C=O) groups is 2. The Hall–Kier alpha value is -3.36. The maximum Gasteiger partial charge on any atom is 0.295 e. The smallest absolute Gasteiger partial charge is 0.295 e. The number of Topliss-reactive ketones (excluding diaryl/α,β-unsaturated/α-hetero) is 1. The van der Waals surface area contributed by atoms with Crippen LogP contribution in [-0.2, 0) is 9.59 Å². The van der Waals surface area contributed by atoms with Gasteiger partial charge in [0.25, 0.3) is 11.7 Å². The SMILES string of the molecule is COc1ccc(/C(O)=C2/C(=O)C(=O)N(CCNCCO)C2c2ccc(O)cc2)cc1. The first-order valence-corrected chi connectivity index (χ1v) is 9.51. The fraction of sp³-hybridized carbons (Fsp3) is 0.273. The third-order valence-electron chi connectivity index (χ3n) is 4.93. The van der Waals surface area contributed by atoms with Crippen molar-refractivity contribution in [1.82, 2.24) is 10.2 Å². The quantitative estimate of drug-likeness (QED) is 0.224. The lowest BCUT2D eigenvalue weighted by Gasteiger charge is -2.25. The molecule has 1 heterocycles. The van der Waals surface area contributed by atoms with Crippen molar-refractivity contribution in [2.75, 3.05) is 33.4 Å². The van der Waals surface area contributed by atoms with Crippen LogP contribution in [0.15, 0.2) is 54.1 Å². The van der Waals surface area contributed by atoms with Gasteiger partial charge in [0.05, 0.1) is 25.3 Å². The van der Waals surface area contributed by atoms with E-state index in [0.29, 0.717) is 30.0 Å². The molecule has 4 N–H and O–H groups in total. The van der Waals surface area contributed by atoms with Gasteiger partial charge in [0.15, 0.2) is 0 Å². The van der Waals surface area contributed by atoms with Crippen molar-refractivity contribution in [2.45, 2.75) is 6.04 Å². The molecule has 0 aliphatic carbocycles. The number of ether oxygens (including phenoxy) is 1. The van der Waals surface area contributed by atoms with E-state index in [-0.39, 0.29) is 30.2 Å². The minimum atomic E-state index is -0.802. The first kappa shape index (κ1) is 21.4. The zero-order valence-electron chi connectivity index (χ0n) is 16.5. The van der Waals surface area contributed by atoms with Crippen LogP contribution in [0.5, 0.6) is 11.5 Å². The molecule has 0 aromatic heterocycles. The molecule has 8 heteroatoms. The van der Waals surface area contributed by atoms with E-state index in [1.165, 1.54) is 24.1 Å². The highest BCUT2D eigenvalue weighted by Crippen LogP contribution is 2.39. The molecule has 0 radical (unpaired) electrons. The molecule has 2 aromatic carbocycles. The van der Waals surface area contributed by atoms with Crippen LogP contribution in [-0.4, -0.2) is 65.3 Å². The zero-order chi connectivity index (χ0) is 21.7. The lowest BCUT2D eigenvalue weighted by atomic mass is 9.95. The van der Waals surface area contributed by atoms with Gasteiger partial charge in [-0.3, -0.25) is 9.59 Å². The van der Waals surface area contributed by atoms with Crippen molar-refractivity contribution in [1.29, 1.82) is 0 Å². The van der Waals surface area contributed by atoms with E-state index in [0.717, 1.165) is 0 Å². The summed E-state index contributed by atoms with van der Waals surface area (Å²) in [7, 11) is 1.52. The maximum atomic E-state index is 12.8. The molecule has 1 atom stereocenters. The van der Waals surface area contributed by atoms with E-state index in [9.17, 15) is 19.8 Å². The second kappa shape index (κ2) is 9.43. The van der Waals surface area contributed by atoms with Gasteiger partial charge in [-0.25, -0.2) is 0 Å².